The van der Waals surface area contributed by atoms with Gasteiger partial charge >= 0.3 is 5.97 Å². The van der Waals surface area contributed by atoms with Gasteiger partial charge in [0.1, 0.15) is 30.0 Å². The minimum Gasteiger partial charge on any atom is -0.492 e. The first-order valence-corrected chi connectivity index (χ1v) is 13.2. The largest absolute Gasteiger partial charge is 0.492 e. The summed E-state index contributed by atoms with van der Waals surface area (Å²) in [6.45, 7) is 7.99. The summed E-state index contributed by atoms with van der Waals surface area (Å²) in [5.41, 5.74) is 6.75. The topological polar surface area (TPSA) is 109 Å². The second-order valence-corrected chi connectivity index (χ2v) is 11.2. The van der Waals surface area contributed by atoms with Gasteiger partial charge in [0.05, 0.1) is 30.3 Å². The Kier molecular flexibility index (Phi) is 7.00. The Balaban J connectivity index is 1.44. The van der Waals surface area contributed by atoms with Crippen molar-refractivity contribution in [1.82, 2.24) is 0 Å². The molecule has 39 heavy (non-hydrogen) atoms. The number of carbonyl (C=O) groups is 1. The van der Waals surface area contributed by atoms with Crippen LogP contribution < -0.4 is 14.2 Å². The first-order chi connectivity index (χ1) is 18.5. The van der Waals surface area contributed by atoms with Crippen molar-refractivity contribution in [3.63, 3.8) is 0 Å². The number of hydrogen-bond donors (Lipinski definition) is 2. The number of aliphatic hydroxyl groups is 1. The number of nitriles is 1. The molecule has 2 N–H and O–H groups in total. The third kappa shape index (κ3) is 5.43. The Labute approximate surface area is 228 Å². The van der Waals surface area contributed by atoms with E-state index >= 15 is 0 Å². The Morgan fingerprint density at radius 3 is 2.46 bits per heavy atom. The van der Waals surface area contributed by atoms with E-state index in [2.05, 4.69) is 6.07 Å². The molecule has 3 aromatic rings. The van der Waals surface area contributed by atoms with Crippen molar-refractivity contribution in [2.75, 3.05) is 13.2 Å². The Bertz CT molecular complexity index is 1460. The number of aliphatic carboxylic acids is 1. The van der Waals surface area contributed by atoms with Crippen LogP contribution in [0.25, 0.3) is 11.1 Å². The number of carboxylic acid groups (broad SMARTS) is 1. The maximum Gasteiger partial charge on any atom is 0.304 e. The molecule has 0 bridgehead atoms. The summed E-state index contributed by atoms with van der Waals surface area (Å²) in [6.07, 6.45) is 1.43. The first kappa shape index (κ1) is 26.6. The van der Waals surface area contributed by atoms with Gasteiger partial charge in [0.15, 0.2) is 0 Å². The van der Waals surface area contributed by atoms with Crippen LogP contribution in [0.15, 0.2) is 42.5 Å². The van der Waals surface area contributed by atoms with Crippen LogP contribution in [0.5, 0.6) is 17.2 Å². The standard InChI is InChI=1S/C32H33NO6/c1-18-11-23(38-17-32(3,4)36)12-19(2)30(18)31-20(15-33)5-7-25-26(31)9-10-27(25)39-22-6-8-24-21(13-29(34)35)16-37-28(24)14-22/h5-8,11-12,14,21,27,36H,9-10,13,16-17H2,1-4H3,(H,34,35)/t21?,27-/m1/s1. The van der Waals surface area contributed by atoms with Gasteiger partial charge in [0.25, 0.3) is 0 Å². The van der Waals surface area contributed by atoms with Crippen molar-refractivity contribution in [3.8, 4) is 34.4 Å². The molecule has 1 unspecified atom stereocenters. The highest BCUT2D eigenvalue weighted by atomic mass is 16.5. The van der Waals surface area contributed by atoms with E-state index < -0.39 is 11.6 Å². The highest BCUT2D eigenvalue weighted by molar-refractivity contribution is 5.81. The van der Waals surface area contributed by atoms with Gasteiger partial charge in [-0.3, -0.25) is 4.79 Å². The minimum atomic E-state index is -0.936. The molecule has 0 fully saturated rings. The van der Waals surface area contributed by atoms with E-state index in [0.29, 0.717) is 29.4 Å². The summed E-state index contributed by atoms with van der Waals surface area (Å²) in [4.78, 5) is 11.2. The molecule has 0 radical (unpaired) electrons. The predicted octanol–water partition coefficient (Wildman–Crippen LogP) is 6.01. The van der Waals surface area contributed by atoms with Crippen LogP contribution >= 0.6 is 0 Å². The number of rotatable bonds is 8. The smallest absolute Gasteiger partial charge is 0.304 e. The van der Waals surface area contributed by atoms with Crippen molar-refractivity contribution in [2.24, 2.45) is 0 Å². The number of ether oxygens (including phenoxy) is 3. The Morgan fingerprint density at radius 1 is 1.08 bits per heavy atom. The zero-order chi connectivity index (χ0) is 27.9. The number of fused-ring (bicyclic) bond motifs is 2. The highest BCUT2D eigenvalue weighted by Gasteiger charge is 2.31. The molecule has 1 aliphatic carbocycles. The lowest BCUT2D eigenvalue weighted by molar-refractivity contribution is -0.137. The molecular formula is C32H33NO6. The van der Waals surface area contributed by atoms with Gasteiger partial charge in [-0.1, -0.05) is 12.1 Å². The van der Waals surface area contributed by atoms with Gasteiger partial charge in [-0.05, 0) is 92.6 Å². The molecule has 1 heterocycles. The fraction of sp³-hybridized carbons (Fsp3) is 0.375. The van der Waals surface area contributed by atoms with Gasteiger partial charge in [-0.2, -0.15) is 5.26 Å². The monoisotopic (exact) mass is 527 g/mol. The summed E-state index contributed by atoms with van der Waals surface area (Å²) >= 11 is 0. The molecule has 0 spiro atoms. The van der Waals surface area contributed by atoms with E-state index in [1.54, 1.807) is 13.8 Å². The van der Waals surface area contributed by atoms with Gasteiger partial charge in [-0.25, -0.2) is 0 Å². The van der Waals surface area contributed by atoms with E-state index in [1.165, 1.54) is 0 Å². The average Bonchev–Trinajstić information content (AvgIpc) is 3.45. The molecular weight excluding hydrogens is 494 g/mol. The number of hydrogen-bond acceptors (Lipinski definition) is 6. The van der Waals surface area contributed by atoms with Crippen LogP contribution in [0.4, 0.5) is 0 Å². The lowest BCUT2D eigenvalue weighted by Gasteiger charge is -2.21. The number of aryl methyl sites for hydroxylation is 2. The van der Waals surface area contributed by atoms with Crippen molar-refractivity contribution in [2.45, 2.75) is 64.6 Å². The summed E-state index contributed by atoms with van der Waals surface area (Å²) in [5.74, 6) is 1.05. The summed E-state index contributed by atoms with van der Waals surface area (Å²) in [7, 11) is 0. The molecule has 1 aliphatic heterocycles. The summed E-state index contributed by atoms with van der Waals surface area (Å²) in [6, 6.07) is 15.8. The average molecular weight is 528 g/mol. The quantitative estimate of drug-likeness (QED) is 0.369. The molecule has 0 saturated carbocycles. The zero-order valence-corrected chi connectivity index (χ0v) is 22.7. The SMILES string of the molecule is Cc1cc(OCC(C)(C)O)cc(C)c1-c1c(C#N)ccc2c1CC[C@H]2Oc1ccc2c(c1)OCC2CC(=O)O. The highest BCUT2D eigenvalue weighted by Crippen LogP contribution is 2.45. The molecule has 0 amide bonds. The predicted molar refractivity (Wildman–Crippen MR) is 146 cm³/mol. The van der Waals surface area contributed by atoms with Crippen LogP contribution in [0.3, 0.4) is 0 Å². The van der Waals surface area contributed by atoms with E-state index in [9.17, 15) is 15.2 Å². The molecule has 0 saturated heterocycles. The molecule has 0 aromatic heterocycles. The number of carboxylic acids is 1. The summed E-state index contributed by atoms with van der Waals surface area (Å²) < 4.78 is 18.0. The van der Waals surface area contributed by atoms with E-state index in [0.717, 1.165) is 51.8 Å². The Morgan fingerprint density at radius 2 is 1.79 bits per heavy atom. The van der Waals surface area contributed by atoms with Gasteiger partial charge in [0, 0.05) is 23.1 Å². The number of benzene rings is 3. The van der Waals surface area contributed by atoms with Crippen LogP contribution in [-0.2, 0) is 11.2 Å². The molecule has 202 valence electrons. The number of nitrogens with zero attached hydrogens (tertiary/aromatic N) is 1. The lowest BCUT2D eigenvalue weighted by Crippen LogP contribution is -2.27. The van der Waals surface area contributed by atoms with Crippen molar-refractivity contribution >= 4 is 5.97 Å². The molecule has 7 heteroatoms. The van der Waals surface area contributed by atoms with Gasteiger partial charge in [-0.15, -0.1) is 0 Å². The van der Waals surface area contributed by atoms with Crippen LogP contribution in [0, 0.1) is 25.2 Å². The molecule has 3 aromatic carbocycles. The Hall–Kier alpha value is -4.02. The zero-order valence-electron chi connectivity index (χ0n) is 22.7. The van der Waals surface area contributed by atoms with Crippen LogP contribution in [-0.4, -0.2) is 35.0 Å². The fourth-order valence-corrected chi connectivity index (χ4v) is 5.70. The van der Waals surface area contributed by atoms with Crippen molar-refractivity contribution in [1.29, 1.82) is 5.26 Å². The third-order valence-electron chi connectivity index (χ3n) is 7.39. The summed E-state index contributed by atoms with van der Waals surface area (Å²) in [5, 5.41) is 29.2. The minimum absolute atomic E-state index is 0.0402. The second kappa shape index (κ2) is 10.3. The van der Waals surface area contributed by atoms with Crippen molar-refractivity contribution in [3.05, 3.63) is 75.8 Å². The van der Waals surface area contributed by atoms with E-state index in [1.807, 2.05) is 56.3 Å². The molecule has 2 atom stereocenters. The molecule has 5 rings (SSSR count). The molecule has 2 aliphatic rings. The van der Waals surface area contributed by atoms with Gasteiger partial charge in [0.2, 0.25) is 0 Å². The van der Waals surface area contributed by atoms with E-state index in [-0.39, 0.29) is 25.0 Å². The van der Waals surface area contributed by atoms with Crippen LogP contribution in [0.2, 0.25) is 0 Å². The molecule has 7 nitrogen and oxygen atoms in total. The third-order valence-corrected chi connectivity index (χ3v) is 7.39. The normalized spacial score (nSPS) is 17.6. The maximum absolute atomic E-state index is 11.2. The first-order valence-electron chi connectivity index (χ1n) is 13.2. The lowest BCUT2D eigenvalue weighted by atomic mass is 9.87. The van der Waals surface area contributed by atoms with E-state index in [4.69, 9.17) is 19.3 Å². The van der Waals surface area contributed by atoms with Gasteiger partial charge < -0.3 is 24.4 Å². The maximum atomic E-state index is 11.2. The van der Waals surface area contributed by atoms with Crippen LogP contribution in [0.1, 0.15) is 72.1 Å². The fourth-order valence-electron chi connectivity index (χ4n) is 5.70. The second-order valence-electron chi connectivity index (χ2n) is 11.2. The van der Waals surface area contributed by atoms with Crippen molar-refractivity contribution < 1.29 is 29.2 Å².